The first-order chi connectivity index (χ1) is 5.11. The maximum atomic E-state index is 10.3. The van der Waals surface area contributed by atoms with Crippen molar-refractivity contribution < 1.29 is 4.92 Å². The zero-order valence-corrected chi connectivity index (χ0v) is 8.17. The van der Waals surface area contributed by atoms with Gasteiger partial charge in [0.1, 0.15) is 0 Å². The third kappa shape index (κ3) is 2.03. The topological polar surface area (TPSA) is 43.1 Å². The Labute approximate surface area is 81.6 Å². The normalized spacial score (nSPS) is 9.64. The van der Waals surface area contributed by atoms with Crippen molar-refractivity contribution in [1.29, 1.82) is 0 Å². The Morgan fingerprint density at radius 1 is 1.55 bits per heavy atom. The number of hydrogen-bond acceptors (Lipinski definition) is 2. The number of nitrogens with zero attached hydrogens (tertiary/aromatic N) is 1. The first kappa shape index (κ1) is 8.73. The molecule has 0 saturated heterocycles. The van der Waals surface area contributed by atoms with Crippen LogP contribution in [0.5, 0.6) is 0 Å². The molecule has 58 valence electrons. The van der Waals surface area contributed by atoms with Crippen LogP contribution in [0.1, 0.15) is 0 Å². The molecule has 0 fully saturated rings. The molecule has 0 heterocycles. The van der Waals surface area contributed by atoms with Gasteiger partial charge in [-0.2, -0.15) is 0 Å². The molecule has 0 spiro atoms. The number of hydrogen-bond donors (Lipinski definition) is 0. The van der Waals surface area contributed by atoms with Crippen molar-refractivity contribution in [2.75, 3.05) is 0 Å². The van der Waals surface area contributed by atoms with Crippen LogP contribution in [0.25, 0.3) is 0 Å². The van der Waals surface area contributed by atoms with Crippen LogP contribution in [-0.4, -0.2) is 4.92 Å². The fourth-order valence-corrected chi connectivity index (χ4v) is 1.32. The molecule has 0 radical (unpaired) electrons. The molecule has 0 atom stereocenters. The minimum atomic E-state index is -0.451. The Bertz CT molecular complexity index is 303. The van der Waals surface area contributed by atoms with Crippen LogP contribution in [0, 0.1) is 13.7 Å². The van der Waals surface area contributed by atoms with E-state index < -0.39 is 4.92 Å². The van der Waals surface area contributed by atoms with Gasteiger partial charge < -0.3 is 0 Å². The molecule has 0 aliphatic rings. The van der Waals surface area contributed by atoms with Gasteiger partial charge in [-0.15, -0.1) is 0 Å². The van der Waals surface area contributed by atoms with Gasteiger partial charge in [0.25, 0.3) is 5.69 Å². The lowest BCUT2D eigenvalue weighted by molar-refractivity contribution is -0.385. The smallest absolute Gasteiger partial charge is 0.258 e. The summed E-state index contributed by atoms with van der Waals surface area (Å²) < 4.78 is 0.594. The Morgan fingerprint density at radius 3 is 2.64 bits per heavy atom. The van der Waals surface area contributed by atoms with E-state index in [2.05, 4.69) is 0 Å². The van der Waals surface area contributed by atoms with E-state index in [1.807, 2.05) is 22.6 Å². The maximum Gasteiger partial charge on any atom is 0.284 e. The minimum absolute atomic E-state index is 0.0538. The van der Waals surface area contributed by atoms with Crippen molar-refractivity contribution in [2.45, 2.75) is 0 Å². The van der Waals surface area contributed by atoms with Gasteiger partial charge in [-0.25, -0.2) is 0 Å². The highest BCUT2D eigenvalue weighted by molar-refractivity contribution is 14.1. The molecule has 0 bridgehead atoms. The van der Waals surface area contributed by atoms with Gasteiger partial charge in [0.2, 0.25) is 0 Å². The molecule has 1 rings (SSSR count). The van der Waals surface area contributed by atoms with Crippen molar-refractivity contribution in [3.8, 4) is 0 Å². The van der Waals surface area contributed by atoms with E-state index in [1.54, 1.807) is 12.1 Å². The van der Waals surface area contributed by atoms with Gasteiger partial charge in [0, 0.05) is 11.1 Å². The number of nitro benzene ring substituents is 1. The predicted octanol–water partition coefficient (Wildman–Crippen LogP) is 2.85. The molecule has 0 amide bonds. The van der Waals surface area contributed by atoms with Crippen LogP contribution in [0.4, 0.5) is 5.69 Å². The van der Waals surface area contributed by atoms with Gasteiger partial charge in [0.15, 0.2) is 0 Å². The number of halogens is 2. The van der Waals surface area contributed by atoms with Crippen LogP contribution < -0.4 is 0 Å². The van der Waals surface area contributed by atoms with E-state index in [0.29, 0.717) is 8.59 Å². The lowest BCUT2D eigenvalue weighted by atomic mass is 10.3. The van der Waals surface area contributed by atoms with E-state index in [1.165, 1.54) is 6.07 Å². The lowest BCUT2D eigenvalue weighted by Gasteiger charge is -1.94. The molecule has 1 aromatic carbocycles. The molecule has 0 aliphatic heterocycles. The largest absolute Gasteiger partial charge is 0.284 e. The van der Waals surface area contributed by atoms with Crippen molar-refractivity contribution in [1.82, 2.24) is 0 Å². The Balaban J connectivity index is 3.23. The average molecular weight is 283 g/mol. The summed E-state index contributed by atoms with van der Waals surface area (Å²) in [4.78, 5) is 9.87. The van der Waals surface area contributed by atoms with E-state index in [4.69, 9.17) is 11.6 Å². The molecule has 11 heavy (non-hydrogen) atoms. The quantitative estimate of drug-likeness (QED) is 0.452. The Kier molecular flexibility index (Phi) is 2.67. The number of nitro groups is 1. The fraction of sp³-hybridized carbons (Fsp3) is 0. The van der Waals surface area contributed by atoms with Gasteiger partial charge in [0.05, 0.1) is 8.49 Å². The molecule has 0 aromatic heterocycles. The van der Waals surface area contributed by atoms with Gasteiger partial charge >= 0.3 is 0 Å². The summed E-state index contributed by atoms with van der Waals surface area (Å²) in [6.45, 7) is 0. The second kappa shape index (κ2) is 3.36. The third-order valence-corrected chi connectivity index (χ3v) is 2.25. The number of rotatable bonds is 1. The molecular formula is C6H3ClINO2. The molecule has 5 heteroatoms. The predicted molar refractivity (Wildman–Crippen MR) is 50.8 cm³/mol. The van der Waals surface area contributed by atoms with Crippen molar-refractivity contribution >= 4 is 39.9 Å². The minimum Gasteiger partial charge on any atom is -0.258 e. The molecule has 0 aliphatic carbocycles. The summed E-state index contributed by atoms with van der Waals surface area (Å²) in [5.41, 5.74) is 0.0538. The van der Waals surface area contributed by atoms with Gasteiger partial charge in [-0.3, -0.25) is 10.1 Å². The Hall–Kier alpha value is -0.360. The highest BCUT2D eigenvalue weighted by atomic mass is 127. The van der Waals surface area contributed by atoms with E-state index in [9.17, 15) is 10.1 Å². The van der Waals surface area contributed by atoms with E-state index in [-0.39, 0.29) is 5.69 Å². The summed E-state index contributed by atoms with van der Waals surface area (Å²) in [6.07, 6.45) is 0. The Morgan fingerprint density at radius 2 is 2.18 bits per heavy atom. The van der Waals surface area contributed by atoms with Crippen LogP contribution in [0.15, 0.2) is 18.2 Å². The SMILES string of the molecule is O=[N+]([O-])c1cc(Cl)ccc1I. The average Bonchev–Trinajstić information content (AvgIpc) is 1.94. The monoisotopic (exact) mass is 283 g/mol. The highest BCUT2D eigenvalue weighted by Gasteiger charge is 2.10. The van der Waals surface area contributed by atoms with Gasteiger partial charge in [-0.05, 0) is 34.7 Å². The van der Waals surface area contributed by atoms with Crippen LogP contribution >= 0.6 is 34.2 Å². The van der Waals surface area contributed by atoms with E-state index in [0.717, 1.165) is 0 Å². The van der Waals surface area contributed by atoms with E-state index >= 15 is 0 Å². The molecular weight excluding hydrogens is 280 g/mol. The second-order valence-corrected chi connectivity index (χ2v) is 3.45. The highest BCUT2D eigenvalue weighted by Crippen LogP contribution is 2.23. The number of benzene rings is 1. The molecule has 1 aromatic rings. The van der Waals surface area contributed by atoms with Crippen LogP contribution in [0.2, 0.25) is 5.02 Å². The van der Waals surface area contributed by atoms with Gasteiger partial charge in [-0.1, -0.05) is 11.6 Å². The molecule has 0 saturated carbocycles. The van der Waals surface area contributed by atoms with Crippen molar-refractivity contribution in [2.24, 2.45) is 0 Å². The fourth-order valence-electron chi connectivity index (χ4n) is 0.626. The van der Waals surface area contributed by atoms with Crippen LogP contribution in [0.3, 0.4) is 0 Å². The summed E-state index contributed by atoms with van der Waals surface area (Å²) in [5, 5.41) is 10.7. The summed E-state index contributed by atoms with van der Waals surface area (Å²) in [7, 11) is 0. The third-order valence-electron chi connectivity index (χ3n) is 1.10. The summed E-state index contributed by atoms with van der Waals surface area (Å²) in [6, 6.07) is 4.57. The molecule has 3 nitrogen and oxygen atoms in total. The first-order valence-corrected chi connectivity index (χ1v) is 4.16. The molecule has 0 unspecified atom stereocenters. The standard InChI is InChI=1S/C6H3ClINO2/c7-4-1-2-5(8)6(3-4)9(10)11/h1-3H. The van der Waals surface area contributed by atoms with Crippen LogP contribution in [-0.2, 0) is 0 Å². The first-order valence-electron chi connectivity index (χ1n) is 2.70. The molecule has 0 N–H and O–H groups in total. The van der Waals surface area contributed by atoms with Crippen molar-refractivity contribution in [3.05, 3.63) is 36.9 Å². The maximum absolute atomic E-state index is 10.3. The second-order valence-electron chi connectivity index (χ2n) is 1.85. The zero-order valence-electron chi connectivity index (χ0n) is 5.25. The summed E-state index contributed by atoms with van der Waals surface area (Å²) in [5.74, 6) is 0. The summed E-state index contributed by atoms with van der Waals surface area (Å²) >= 11 is 7.45. The lowest BCUT2D eigenvalue weighted by Crippen LogP contribution is -1.90. The van der Waals surface area contributed by atoms with Crippen molar-refractivity contribution in [3.63, 3.8) is 0 Å². The zero-order chi connectivity index (χ0) is 8.43.